The van der Waals surface area contributed by atoms with Gasteiger partial charge in [0, 0.05) is 27.3 Å². The molecular formula is C14H9BrClFN2. The summed E-state index contributed by atoms with van der Waals surface area (Å²) in [6, 6.07) is 11.8. The van der Waals surface area contributed by atoms with Crippen LogP contribution in [0.1, 0.15) is 11.1 Å². The maximum Gasteiger partial charge on any atom is 0.129 e. The molecule has 0 spiro atoms. The normalized spacial score (nSPS) is 10.0. The SMILES string of the molecule is N#Cc1ccc(NCc2c(F)cccc2Cl)c(Br)c1. The van der Waals surface area contributed by atoms with E-state index < -0.39 is 0 Å². The van der Waals surface area contributed by atoms with Crippen LogP contribution in [0.25, 0.3) is 0 Å². The van der Waals surface area contributed by atoms with Crippen molar-refractivity contribution in [3.05, 3.63) is 62.8 Å². The van der Waals surface area contributed by atoms with Crippen molar-refractivity contribution in [2.75, 3.05) is 5.32 Å². The minimum Gasteiger partial charge on any atom is -0.380 e. The molecule has 19 heavy (non-hydrogen) atoms. The fourth-order valence-electron chi connectivity index (χ4n) is 1.61. The van der Waals surface area contributed by atoms with Crippen LogP contribution < -0.4 is 5.32 Å². The van der Waals surface area contributed by atoms with Gasteiger partial charge in [0.1, 0.15) is 5.82 Å². The number of nitriles is 1. The largest absolute Gasteiger partial charge is 0.380 e. The van der Waals surface area contributed by atoms with Gasteiger partial charge in [0.25, 0.3) is 0 Å². The highest BCUT2D eigenvalue weighted by molar-refractivity contribution is 9.10. The Morgan fingerprint density at radius 1 is 1.32 bits per heavy atom. The highest BCUT2D eigenvalue weighted by atomic mass is 79.9. The van der Waals surface area contributed by atoms with Gasteiger partial charge in [0.15, 0.2) is 0 Å². The van der Waals surface area contributed by atoms with E-state index in [1.54, 1.807) is 30.3 Å². The van der Waals surface area contributed by atoms with Crippen LogP contribution in [0.15, 0.2) is 40.9 Å². The maximum absolute atomic E-state index is 13.6. The molecule has 0 radical (unpaired) electrons. The van der Waals surface area contributed by atoms with Crippen molar-refractivity contribution >= 4 is 33.2 Å². The first-order chi connectivity index (χ1) is 9.11. The Morgan fingerprint density at radius 3 is 2.74 bits per heavy atom. The lowest BCUT2D eigenvalue weighted by molar-refractivity contribution is 0.613. The molecule has 2 rings (SSSR count). The Balaban J connectivity index is 2.17. The minimum atomic E-state index is -0.343. The zero-order valence-electron chi connectivity index (χ0n) is 9.75. The molecule has 0 bridgehead atoms. The first-order valence-corrected chi connectivity index (χ1v) is 6.65. The van der Waals surface area contributed by atoms with Crippen molar-refractivity contribution in [3.8, 4) is 6.07 Å². The Kier molecular flexibility index (Phi) is 4.41. The number of nitrogens with zero attached hydrogens (tertiary/aromatic N) is 1. The number of anilines is 1. The van der Waals surface area contributed by atoms with Crippen molar-refractivity contribution in [1.82, 2.24) is 0 Å². The zero-order chi connectivity index (χ0) is 13.8. The Hall–Kier alpha value is -1.57. The average Bonchev–Trinajstić information content (AvgIpc) is 2.39. The van der Waals surface area contributed by atoms with Gasteiger partial charge in [-0.2, -0.15) is 5.26 Å². The van der Waals surface area contributed by atoms with Gasteiger partial charge in [-0.25, -0.2) is 4.39 Å². The first-order valence-electron chi connectivity index (χ1n) is 5.48. The third-order valence-electron chi connectivity index (χ3n) is 2.62. The second kappa shape index (κ2) is 6.05. The van der Waals surface area contributed by atoms with Crippen LogP contribution in [0.2, 0.25) is 5.02 Å². The van der Waals surface area contributed by atoms with Gasteiger partial charge in [0.2, 0.25) is 0 Å². The highest BCUT2D eigenvalue weighted by Crippen LogP contribution is 2.26. The summed E-state index contributed by atoms with van der Waals surface area (Å²) in [5, 5.41) is 12.2. The lowest BCUT2D eigenvalue weighted by Gasteiger charge is -2.10. The molecule has 1 N–H and O–H groups in total. The highest BCUT2D eigenvalue weighted by Gasteiger charge is 2.07. The predicted molar refractivity (Wildman–Crippen MR) is 77.6 cm³/mol. The summed E-state index contributed by atoms with van der Waals surface area (Å²) in [5.41, 5.74) is 1.75. The topological polar surface area (TPSA) is 35.8 Å². The fourth-order valence-corrected chi connectivity index (χ4v) is 2.36. The van der Waals surface area contributed by atoms with Gasteiger partial charge in [-0.3, -0.25) is 0 Å². The van der Waals surface area contributed by atoms with Crippen LogP contribution in [-0.2, 0) is 6.54 Å². The molecule has 0 saturated carbocycles. The van der Waals surface area contributed by atoms with Gasteiger partial charge >= 0.3 is 0 Å². The molecule has 0 aliphatic carbocycles. The molecule has 0 aromatic heterocycles. The lowest BCUT2D eigenvalue weighted by atomic mass is 10.2. The molecule has 0 aliphatic heterocycles. The summed E-state index contributed by atoms with van der Waals surface area (Å²) in [7, 11) is 0. The minimum absolute atomic E-state index is 0.274. The van der Waals surface area contributed by atoms with Gasteiger partial charge in [-0.05, 0) is 46.3 Å². The number of benzene rings is 2. The van der Waals surface area contributed by atoms with E-state index >= 15 is 0 Å². The van der Waals surface area contributed by atoms with Crippen molar-refractivity contribution in [1.29, 1.82) is 5.26 Å². The molecule has 0 amide bonds. The summed E-state index contributed by atoms with van der Waals surface area (Å²) < 4.78 is 14.3. The van der Waals surface area contributed by atoms with E-state index in [2.05, 4.69) is 21.2 Å². The Bertz CT molecular complexity index is 632. The van der Waals surface area contributed by atoms with Crippen LogP contribution in [-0.4, -0.2) is 0 Å². The molecule has 0 fully saturated rings. The molecule has 0 saturated heterocycles. The Morgan fingerprint density at radius 2 is 2.11 bits per heavy atom. The van der Waals surface area contributed by atoms with E-state index in [9.17, 15) is 4.39 Å². The molecule has 0 aliphatic rings. The maximum atomic E-state index is 13.6. The van der Waals surface area contributed by atoms with Crippen LogP contribution in [0.3, 0.4) is 0 Å². The van der Waals surface area contributed by atoms with E-state index in [0.717, 1.165) is 10.2 Å². The molecule has 5 heteroatoms. The molecule has 2 aromatic carbocycles. The molecule has 2 nitrogen and oxygen atoms in total. The third kappa shape index (κ3) is 3.25. The molecule has 2 aromatic rings. The summed E-state index contributed by atoms with van der Waals surface area (Å²) >= 11 is 9.31. The van der Waals surface area contributed by atoms with Crippen LogP contribution in [0.5, 0.6) is 0 Å². The second-order valence-electron chi connectivity index (χ2n) is 3.86. The summed E-state index contributed by atoms with van der Waals surface area (Å²) in [6.07, 6.45) is 0. The average molecular weight is 340 g/mol. The number of hydrogen-bond acceptors (Lipinski definition) is 2. The number of hydrogen-bond donors (Lipinski definition) is 1. The third-order valence-corrected chi connectivity index (χ3v) is 3.63. The van der Waals surface area contributed by atoms with Gasteiger partial charge < -0.3 is 5.32 Å². The van der Waals surface area contributed by atoms with Crippen molar-refractivity contribution in [2.45, 2.75) is 6.54 Å². The van der Waals surface area contributed by atoms with Crippen LogP contribution in [0.4, 0.5) is 10.1 Å². The van der Waals surface area contributed by atoms with Crippen molar-refractivity contribution in [2.24, 2.45) is 0 Å². The van der Waals surface area contributed by atoms with Gasteiger partial charge in [-0.1, -0.05) is 17.7 Å². The first kappa shape index (κ1) is 13.9. The zero-order valence-corrected chi connectivity index (χ0v) is 12.1. The molecule has 96 valence electrons. The van der Waals surface area contributed by atoms with Gasteiger partial charge in [-0.15, -0.1) is 0 Å². The number of rotatable bonds is 3. The Labute approximate surface area is 123 Å². The van der Waals surface area contributed by atoms with E-state index in [1.807, 2.05) is 6.07 Å². The summed E-state index contributed by atoms with van der Waals surface area (Å²) in [6.45, 7) is 0.274. The number of nitrogens with one attached hydrogen (secondary N) is 1. The quantitative estimate of drug-likeness (QED) is 0.878. The van der Waals surface area contributed by atoms with Crippen molar-refractivity contribution in [3.63, 3.8) is 0 Å². The molecule has 0 atom stereocenters. The van der Waals surface area contributed by atoms with E-state index in [-0.39, 0.29) is 12.4 Å². The van der Waals surface area contributed by atoms with Crippen LogP contribution >= 0.6 is 27.5 Å². The summed E-state index contributed by atoms with van der Waals surface area (Å²) in [4.78, 5) is 0. The van der Waals surface area contributed by atoms with Crippen molar-refractivity contribution < 1.29 is 4.39 Å². The summed E-state index contributed by atoms with van der Waals surface area (Å²) in [5.74, 6) is -0.343. The number of halogens is 3. The monoisotopic (exact) mass is 338 g/mol. The smallest absolute Gasteiger partial charge is 0.129 e. The van der Waals surface area contributed by atoms with Crippen LogP contribution in [0, 0.1) is 17.1 Å². The van der Waals surface area contributed by atoms with E-state index in [4.69, 9.17) is 16.9 Å². The molecular weight excluding hydrogens is 331 g/mol. The lowest BCUT2D eigenvalue weighted by Crippen LogP contribution is -2.03. The predicted octanol–water partition coefficient (Wildman–Crippen LogP) is 4.73. The van der Waals surface area contributed by atoms with E-state index in [1.165, 1.54) is 6.07 Å². The fraction of sp³-hybridized carbons (Fsp3) is 0.0714. The second-order valence-corrected chi connectivity index (χ2v) is 5.12. The molecule has 0 heterocycles. The molecule has 0 unspecified atom stereocenters. The standard InChI is InChI=1S/C14H9BrClFN2/c15-11-6-9(7-18)4-5-14(11)19-8-10-12(16)2-1-3-13(10)17/h1-6,19H,8H2. The van der Waals surface area contributed by atoms with Gasteiger partial charge in [0.05, 0.1) is 11.6 Å². The van der Waals surface area contributed by atoms with E-state index in [0.29, 0.717) is 16.1 Å².